The lowest BCUT2D eigenvalue weighted by molar-refractivity contribution is -0.141. The van der Waals surface area contributed by atoms with Gasteiger partial charge in [-0.05, 0) is 18.8 Å². The summed E-state index contributed by atoms with van der Waals surface area (Å²) >= 11 is 0. The SMILES string of the molecule is CC(C)NC(C(=O)O)C1CCCCC1. The van der Waals surface area contributed by atoms with E-state index >= 15 is 0 Å². The standard InChI is InChI=1S/C11H21NO2/c1-8(2)12-10(11(13)14)9-6-4-3-5-7-9/h8-10,12H,3-7H2,1-2H3,(H,13,14). The number of rotatable bonds is 4. The predicted octanol–water partition coefficient (Wildman–Crippen LogP) is 2.02. The van der Waals surface area contributed by atoms with Gasteiger partial charge in [0.1, 0.15) is 6.04 Å². The second-order valence-electron chi connectivity index (χ2n) is 4.54. The van der Waals surface area contributed by atoms with Gasteiger partial charge in [0, 0.05) is 6.04 Å². The van der Waals surface area contributed by atoms with Gasteiger partial charge >= 0.3 is 5.97 Å². The molecule has 3 heteroatoms. The Kier molecular flexibility index (Phi) is 4.39. The molecule has 0 bridgehead atoms. The maximum absolute atomic E-state index is 11.1. The molecule has 0 saturated heterocycles. The van der Waals surface area contributed by atoms with Crippen molar-refractivity contribution >= 4 is 5.97 Å². The van der Waals surface area contributed by atoms with Gasteiger partial charge in [0.25, 0.3) is 0 Å². The van der Waals surface area contributed by atoms with Crippen LogP contribution in [0.3, 0.4) is 0 Å². The normalized spacial score (nSPS) is 21.1. The monoisotopic (exact) mass is 199 g/mol. The van der Waals surface area contributed by atoms with Crippen molar-refractivity contribution in [2.24, 2.45) is 5.92 Å². The fourth-order valence-electron chi connectivity index (χ4n) is 2.24. The molecule has 1 aliphatic carbocycles. The second kappa shape index (κ2) is 5.35. The molecule has 1 aliphatic rings. The fraction of sp³-hybridized carbons (Fsp3) is 0.909. The van der Waals surface area contributed by atoms with Crippen LogP contribution >= 0.6 is 0 Å². The molecule has 1 atom stereocenters. The number of hydrogen-bond donors (Lipinski definition) is 2. The smallest absolute Gasteiger partial charge is 0.320 e. The average Bonchev–Trinajstić information content (AvgIpc) is 2.15. The third kappa shape index (κ3) is 3.29. The van der Waals surface area contributed by atoms with E-state index in [1.54, 1.807) is 0 Å². The molecule has 2 N–H and O–H groups in total. The molecule has 0 spiro atoms. The molecule has 0 aromatic heterocycles. The van der Waals surface area contributed by atoms with Gasteiger partial charge in [-0.25, -0.2) is 0 Å². The molecule has 1 unspecified atom stereocenters. The van der Waals surface area contributed by atoms with Crippen LogP contribution in [0.4, 0.5) is 0 Å². The average molecular weight is 199 g/mol. The Hall–Kier alpha value is -0.570. The van der Waals surface area contributed by atoms with Crippen LogP contribution in [0, 0.1) is 5.92 Å². The summed E-state index contributed by atoms with van der Waals surface area (Å²) in [6, 6.07) is -0.0895. The lowest BCUT2D eigenvalue weighted by Crippen LogP contribution is -2.46. The number of nitrogens with one attached hydrogen (secondary N) is 1. The van der Waals surface area contributed by atoms with Gasteiger partial charge in [-0.1, -0.05) is 33.1 Å². The zero-order valence-electron chi connectivity index (χ0n) is 9.12. The van der Waals surface area contributed by atoms with E-state index in [4.69, 9.17) is 5.11 Å². The highest BCUT2D eigenvalue weighted by molar-refractivity contribution is 5.73. The maximum Gasteiger partial charge on any atom is 0.320 e. The molecule has 14 heavy (non-hydrogen) atoms. The van der Waals surface area contributed by atoms with Gasteiger partial charge in [-0.3, -0.25) is 4.79 Å². The third-order valence-corrected chi connectivity index (χ3v) is 2.90. The predicted molar refractivity (Wildman–Crippen MR) is 56.3 cm³/mol. The van der Waals surface area contributed by atoms with Crippen LogP contribution in [0.1, 0.15) is 46.0 Å². The van der Waals surface area contributed by atoms with E-state index in [9.17, 15) is 4.79 Å². The summed E-state index contributed by atoms with van der Waals surface area (Å²) < 4.78 is 0. The van der Waals surface area contributed by atoms with Crippen LogP contribution in [0.5, 0.6) is 0 Å². The van der Waals surface area contributed by atoms with Crippen molar-refractivity contribution in [1.82, 2.24) is 5.32 Å². The third-order valence-electron chi connectivity index (χ3n) is 2.90. The quantitative estimate of drug-likeness (QED) is 0.728. The van der Waals surface area contributed by atoms with Gasteiger partial charge in [0.05, 0.1) is 0 Å². The molecule has 0 aromatic carbocycles. The largest absolute Gasteiger partial charge is 0.480 e. The summed E-state index contributed by atoms with van der Waals surface area (Å²) in [4.78, 5) is 11.1. The molecule has 3 nitrogen and oxygen atoms in total. The van der Waals surface area contributed by atoms with Crippen LogP contribution < -0.4 is 5.32 Å². The van der Waals surface area contributed by atoms with Crippen molar-refractivity contribution < 1.29 is 9.90 Å². The molecule has 0 heterocycles. The number of aliphatic carboxylic acids is 1. The summed E-state index contributed by atoms with van der Waals surface area (Å²) in [5.41, 5.74) is 0. The van der Waals surface area contributed by atoms with E-state index < -0.39 is 5.97 Å². The first-order chi connectivity index (χ1) is 6.61. The van der Waals surface area contributed by atoms with Crippen molar-refractivity contribution in [3.05, 3.63) is 0 Å². The lowest BCUT2D eigenvalue weighted by atomic mass is 9.83. The van der Waals surface area contributed by atoms with Gasteiger partial charge in [-0.15, -0.1) is 0 Å². The van der Waals surface area contributed by atoms with Crippen LogP contribution in [-0.2, 0) is 4.79 Å². The fourth-order valence-corrected chi connectivity index (χ4v) is 2.24. The van der Waals surface area contributed by atoms with Crippen LogP contribution in [0.2, 0.25) is 0 Å². The van der Waals surface area contributed by atoms with Gasteiger partial charge in [0.2, 0.25) is 0 Å². The molecule has 1 fully saturated rings. The first kappa shape index (κ1) is 11.5. The highest BCUT2D eigenvalue weighted by atomic mass is 16.4. The number of hydrogen-bond acceptors (Lipinski definition) is 2. The van der Waals surface area contributed by atoms with Gasteiger partial charge in [-0.2, -0.15) is 0 Å². The molecular formula is C11H21NO2. The summed E-state index contributed by atoms with van der Waals surface area (Å²) in [6.07, 6.45) is 5.78. The Morgan fingerprint density at radius 3 is 2.29 bits per heavy atom. The minimum atomic E-state index is -0.689. The van der Waals surface area contributed by atoms with Crippen molar-refractivity contribution in [1.29, 1.82) is 0 Å². The zero-order chi connectivity index (χ0) is 10.6. The summed E-state index contributed by atoms with van der Waals surface area (Å²) in [6.45, 7) is 4.00. The molecule has 0 amide bonds. The minimum absolute atomic E-state index is 0.248. The zero-order valence-corrected chi connectivity index (χ0v) is 9.12. The Bertz CT molecular complexity index is 186. The molecular weight excluding hydrogens is 178 g/mol. The first-order valence-corrected chi connectivity index (χ1v) is 5.60. The number of carboxylic acids is 1. The number of carboxylic acid groups (broad SMARTS) is 1. The van der Waals surface area contributed by atoms with Crippen LogP contribution in [0.15, 0.2) is 0 Å². The second-order valence-corrected chi connectivity index (χ2v) is 4.54. The summed E-state index contributed by atoms with van der Waals surface area (Å²) in [5.74, 6) is -0.353. The van der Waals surface area contributed by atoms with Gasteiger partial charge < -0.3 is 10.4 Å². The van der Waals surface area contributed by atoms with Crippen molar-refractivity contribution in [3.63, 3.8) is 0 Å². The Morgan fingerprint density at radius 2 is 1.86 bits per heavy atom. The summed E-state index contributed by atoms with van der Waals surface area (Å²) in [5, 5.41) is 12.3. The van der Waals surface area contributed by atoms with E-state index in [1.807, 2.05) is 13.8 Å². The summed E-state index contributed by atoms with van der Waals surface area (Å²) in [7, 11) is 0. The number of carbonyl (C=O) groups is 1. The molecule has 1 saturated carbocycles. The van der Waals surface area contributed by atoms with E-state index in [0.29, 0.717) is 5.92 Å². The van der Waals surface area contributed by atoms with Crippen molar-refractivity contribution in [2.75, 3.05) is 0 Å². The van der Waals surface area contributed by atoms with E-state index in [1.165, 1.54) is 19.3 Å². The highest BCUT2D eigenvalue weighted by Crippen LogP contribution is 2.26. The Balaban J connectivity index is 2.51. The van der Waals surface area contributed by atoms with Crippen molar-refractivity contribution in [3.8, 4) is 0 Å². The van der Waals surface area contributed by atoms with Crippen molar-refractivity contribution in [2.45, 2.75) is 58.0 Å². The molecule has 0 radical (unpaired) electrons. The molecule has 0 aliphatic heterocycles. The highest BCUT2D eigenvalue weighted by Gasteiger charge is 2.29. The van der Waals surface area contributed by atoms with E-state index in [2.05, 4.69) is 5.32 Å². The van der Waals surface area contributed by atoms with E-state index in [-0.39, 0.29) is 12.1 Å². The molecule has 1 rings (SSSR count). The Morgan fingerprint density at radius 1 is 1.29 bits per heavy atom. The maximum atomic E-state index is 11.1. The van der Waals surface area contributed by atoms with Gasteiger partial charge in [0.15, 0.2) is 0 Å². The lowest BCUT2D eigenvalue weighted by Gasteiger charge is -2.29. The van der Waals surface area contributed by atoms with Crippen LogP contribution in [0.25, 0.3) is 0 Å². The first-order valence-electron chi connectivity index (χ1n) is 5.60. The molecule has 82 valence electrons. The topological polar surface area (TPSA) is 49.3 Å². The molecule has 0 aromatic rings. The van der Waals surface area contributed by atoms with Crippen LogP contribution in [-0.4, -0.2) is 23.2 Å². The minimum Gasteiger partial charge on any atom is -0.480 e. The van der Waals surface area contributed by atoms with E-state index in [0.717, 1.165) is 12.8 Å². The Labute approximate surface area is 85.9 Å².